The maximum atomic E-state index is 12.3. The first kappa shape index (κ1) is 16.9. The Labute approximate surface area is 153 Å². The third kappa shape index (κ3) is 3.94. The van der Waals surface area contributed by atoms with E-state index in [1.54, 1.807) is 43.3 Å². The van der Waals surface area contributed by atoms with Crippen molar-refractivity contribution in [2.45, 2.75) is 13.0 Å². The number of ether oxygens (including phenoxy) is 3. The lowest BCUT2D eigenvalue weighted by molar-refractivity contribution is -0.122. The second kappa shape index (κ2) is 7.32. The number of amides is 1. The molecule has 2 aromatic rings. The molecule has 0 fully saturated rings. The zero-order chi connectivity index (χ0) is 17.1. The Hall–Kier alpha value is -1.92. The molecule has 0 aliphatic carbocycles. The van der Waals surface area contributed by atoms with E-state index in [0.717, 1.165) is 0 Å². The fourth-order valence-corrected chi connectivity index (χ4v) is 2.96. The van der Waals surface area contributed by atoms with Gasteiger partial charge in [0.2, 0.25) is 0 Å². The van der Waals surface area contributed by atoms with Crippen LogP contribution >= 0.6 is 27.5 Å². The SMILES string of the molecule is CC(Oc1ccc(Cl)cc1Br)C(=O)Nc1ccc2c(c1)OCCO2. The number of hydrogen-bond donors (Lipinski definition) is 1. The summed E-state index contributed by atoms with van der Waals surface area (Å²) >= 11 is 9.26. The normalized spacial score (nSPS) is 14.0. The van der Waals surface area contributed by atoms with Gasteiger partial charge >= 0.3 is 0 Å². The minimum absolute atomic E-state index is 0.270. The molecule has 2 aromatic carbocycles. The van der Waals surface area contributed by atoms with Crippen LogP contribution in [0, 0.1) is 0 Å². The van der Waals surface area contributed by atoms with Crippen LogP contribution in [0.4, 0.5) is 5.69 Å². The minimum Gasteiger partial charge on any atom is -0.486 e. The molecule has 1 aliphatic heterocycles. The van der Waals surface area contributed by atoms with Crippen LogP contribution in [0.15, 0.2) is 40.9 Å². The molecule has 126 valence electrons. The number of fused-ring (bicyclic) bond motifs is 1. The molecule has 1 N–H and O–H groups in total. The van der Waals surface area contributed by atoms with Crippen LogP contribution in [0.25, 0.3) is 0 Å². The Kier molecular flexibility index (Phi) is 5.16. The van der Waals surface area contributed by atoms with E-state index in [1.165, 1.54) is 0 Å². The second-order valence-electron chi connectivity index (χ2n) is 5.18. The van der Waals surface area contributed by atoms with Crippen molar-refractivity contribution in [3.63, 3.8) is 0 Å². The number of benzene rings is 2. The van der Waals surface area contributed by atoms with E-state index >= 15 is 0 Å². The molecule has 0 radical (unpaired) electrons. The monoisotopic (exact) mass is 411 g/mol. The predicted octanol–water partition coefficient (Wildman–Crippen LogP) is 4.28. The van der Waals surface area contributed by atoms with Crippen molar-refractivity contribution in [2.75, 3.05) is 18.5 Å². The number of carbonyl (C=O) groups is 1. The van der Waals surface area contributed by atoms with E-state index in [9.17, 15) is 4.79 Å². The highest BCUT2D eigenvalue weighted by Crippen LogP contribution is 2.33. The van der Waals surface area contributed by atoms with Gasteiger partial charge in [-0.2, -0.15) is 0 Å². The Bertz CT molecular complexity index is 768. The quantitative estimate of drug-likeness (QED) is 0.814. The van der Waals surface area contributed by atoms with E-state index in [1.807, 2.05) is 0 Å². The molecule has 0 saturated carbocycles. The smallest absolute Gasteiger partial charge is 0.265 e. The molecule has 1 amide bonds. The summed E-state index contributed by atoms with van der Waals surface area (Å²) in [5.41, 5.74) is 0.620. The van der Waals surface area contributed by atoms with E-state index in [-0.39, 0.29) is 5.91 Å². The lowest BCUT2D eigenvalue weighted by Crippen LogP contribution is -2.30. The van der Waals surface area contributed by atoms with Crippen LogP contribution < -0.4 is 19.5 Å². The molecule has 1 aliphatic rings. The van der Waals surface area contributed by atoms with Gasteiger partial charge in [-0.15, -0.1) is 0 Å². The van der Waals surface area contributed by atoms with Crippen molar-refractivity contribution in [2.24, 2.45) is 0 Å². The van der Waals surface area contributed by atoms with Crippen molar-refractivity contribution < 1.29 is 19.0 Å². The zero-order valence-corrected chi connectivity index (χ0v) is 15.2. The summed E-state index contributed by atoms with van der Waals surface area (Å²) in [5.74, 6) is 1.57. The fourth-order valence-electron chi connectivity index (χ4n) is 2.18. The van der Waals surface area contributed by atoms with Gasteiger partial charge in [0, 0.05) is 16.8 Å². The average molecular weight is 413 g/mol. The minimum atomic E-state index is -0.685. The first-order valence-corrected chi connectivity index (χ1v) is 8.52. The van der Waals surface area contributed by atoms with Gasteiger partial charge in [0.05, 0.1) is 4.47 Å². The van der Waals surface area contributed by atoms with Crippen LogP contribution in [-0.4, -0.2) is 25.2 Å². The van der Waals surface area contributed by atoms with Gasteiger partial charge in [0.15, 0.2) is 17.6 Å². The van der Waals surface area contributed by atoms with Crippen molar-refractivity contribution in [3.8, 4) is 17.2 Å². The summed E-state index contributed by atoms with van der Waals surface area (Å²) in [6.45, 7) is 2.70. The Balaban J connectivity index is 1.65. The highest BCUT2D eigenvalue weighted by molar-refractivity contribution is 9.10. The third-order valence-corrected chi connectivity index (χ3v) is 4.23. The summed E-state index contributed by atoms with van der Waals surface area (Å²) in [4.78, 5) is 12.3. The van der Waals surface area contributed by atoms with Gasteiger partial charge in [-0.05, 0) is 53.2 Å². The van der Waals surface area contributed by atoms with E-state index < -0.39 is 6.10 Å². The lowest BCUT2D eigenvalue weighted by Gasteiger charge is -2.20. The van der Waals surface area contributed by atoms with E-state index in [4.69, 9.17) is 25.8 Å². The van der Waals surface area contributed by atoms with E-state index in [2.05, 4.69) is 21.2 Å². The maximum Gasteiger partial charge on any atom is 0.265 e. The first-order valence-electron chi connectivity index (χ1n) is 7.35. The lowest BCUT2D eigenvalue weighted by atomic mass is 10.2. The van der Waals surface area contributed by atoms with Gasteiger partial charge in [-0.3, -0.25) is 4.79 Å². The van der Waals surface area contributed by atoms with Crippen molar-refractivity contribution in [3.05, 3.63) is 45.9 Å². The number of anilines is 1. The second-order valence-corrected chi connectivity index (χ2v) is 6.47. The number of rotatable bonds is 4. The fraction of sp³-hybridized carbons (Fsp3) is 0.235. The van der Waals surface area contributed by atoms with Crippen LogP contribution in [0.5, 0.6) is 17.2 Å². The molecule has 0 bridgehead atoms. The number of hydrogen-bond acceptors (Lipinski definition) is 4. The molecule has 24 heavy (non-hydrogen) atoms. The number of carbonyl (C=O) groups excluding carboxylic acids is 1. The van der Waals surface area contributed by atoms with Crippen molar-refractivity contribution in [1.29, 1.82) is 0 Å². The van der Waals surface area contributed by atoms with Gasteiger partial charge in [0.25, 0.3) is 5.91 Å². The Morgan fingerprint density at radius 2 is 1.96 bits per heavy atom. The molecule has 0 saturated heterocycles. The predicted molar refractivity (Wildman–Crippen MR) is 95.3 cm³/mol. The van der Waals surface area contributed by atoms with E-state index in [0.29, 0.717) is 45.6 Å². The highest BCUT2D eigenvalue weighted by Gasteiger charge is 2.18. The molecular weight excluding hydrogens is 398 g/mol. The maximum absolute atomic E-state index is 12.3. The van der Waals surface area contributed by atoms with Gasteiger partial charge < -0.3 is 19.5 Å². The van der Waals surface area contributed by atoms with Crippen molar-refractivity contribution >= 4 is 39.1 Å². The summed E-state index contributed by atoms with van der Waals surface area (Å²) in [7, 11) is 0. The Morgan fingerprint density at radius 3 is 2.71 bits per heavy atom. The summed E-state index contributed by atoms with van der Waals surface area (Å²) < 4.78 is 17.3. The average Bonchev–Trinajstić information content (AvgIpc) is 2.57. The van der Waals surface area contributed by atoms with Gasteiger partial charge in [-0.25, -0.2) is 0 Å². The molecule has 0 aromatic heterocycles. The summed E-state index contributed by atoms with van der Waals surface area (Å²) in [6.07, 6.45) is -0.685. The number of halogens is 2. The summed E-state index contributed by atoms with van der Waals surface area (Å²) in [6, 6.07) is 10.4. The van der Waals surface area contributed by atoms with Gasteiger partial charge in [-0.1, -0.05) is 11.6 Å². The zero-order valence-electron chi connectivity index (χ0n) is 12.8. The molecule has 0 spiro atoms. The molecule has 5 nitrogen and oxygen atoms in total. The molecule has 1 atom stereocenters. The topological polar surface area (TPSA) is 56.8 Å². The molecular formula is C17H15BrClNO4. The van der Waals surface area contributed by atoms with Crippen LogP contribution in [0.3, 0.4) is 0 Å². The van der Waals surface area contributed by atoms with Crippen LogP contribution in [0.2, 0.25) is 5.02 Å². The third-order valence-electron chi connectivity index (χ3n) is 3.38. The van der Waals surface area contributed by atoms with Gasteiger partial charge in [0.1, 0.15) is 19.0 Å². The van der Waals surface area contributed by atoms with Crippen LogP contribution in [0.1, 0.15) is 6.92 Å². The molecule has 7 heteroatoms. The largest absolute Gasteiger partial charge is 0.486 e. The molecule has 3 rings (SSSR count). The van der Waals surface area contributed by atoms with Crippen molar-refractivity contribution in [1.82, 2.24) is 0 Å². The first-order chi connectivity index (χ1) is 11.5. The standard InChI is InChI=1S/C17H15BrClNO4/c1-10(24-14-4-2-11(19)8-13(14)18)17(21)20-12-3-5-15-16(9-12)23-7-6-22-15/h2-5,8-10H,6-7H2,1H3,(H,20,21). The highest BCUT2D eigenvalue weighted by atomic mass is 79.9. The number of nitrogens with one attached hydrogen (secondary N) is 1. The Morgan fingerprint density at radius 1 is 1.21 bits per heavy atom. The molecule has 1 unspecified atom stereocenters. The van der Waals surface area contributed by atoms with Crippen LogP contribution in [-0.2, 0) is 4.79 Å². The molecule has 1 heterocycles. The summed E-state index contributed by atoms with van der Waals surface area (Å²) in [5, 5.41) is 3.39.